The van der Waals surface area contributed by atoms with Crippen LogP contribution in [-0.2, 0) is 0 Å². The lowest BCUT2D eigenvalue weighted by Gasteiger charge is -2.24. The highest BCUT2D eigenvalue weighted by Gasteiger charge is 2.11. The third-order valence-corrected chi connectivity index (χ3v) is 3.30. The SMILES string of the molecule is CSCC(C)N(C)c1ccc2nnnn2n1. The second-order valence-electron chi connectivity index (χ2n) is 3.63. The molecular formula is C9H14N6S. The zero-order valence-corrected chi connectivity index (χ0v) is 10.3. The number of nitrogens with zero attached hydrogens (tertiary/aromatic N) is 6. The lowest BCUT2D eigenvalue weighted by atomic mass is 10.3. The predicted molar refractivity (Wildman–Crippen MR) is 64.8 cm³/mol. The molecule has 16 heavy (non-hydrogen) atoms. The second kappa shape index (κ2) is 4.65. The quantitative estimate of drug-likeness (QED) is 0.781. The standard InChI is InChI=1S/C9H14N6S/c1-7(6-16-3)14(2)9-5-4-8-10-12-13-15(8)11-9/h4-5,7H,6H2,1-3H3. The molecule has 0 spiro atoms. The van der Waals surface area contributed by atoms with Gasteiger partial charge in [-0.2, -0.15) is 11.8 Å². The molecule has 0 saturated carbocycles. The van der Waals surface area contributed by atoms with E-state index in [9.17, 15) is 0 Å². The Morgan fingerprint density at radius 3 is 3.06 bits per heavy atom. The average Bonchev–Trinajstić information content (AvgIpc) is 2.75. The van der Waals surface area contributed by atoms with Crippen molar-refractivity contribution in [3.63, 3.8) is 0 Å². The van der Waals surface area contributed by atoms with E-state index in [1.807, 2.05) is 30.9 Å². The first-order chi connectivity index (χ1) is 7.72. The predicted octanol–water partition coefficient (Wildman–Crippen LogP) is 0.707. The highest BCUT2D eigenvalue weighted by molar-refractivity contribution is 7.98. The lowest BCUT2D eigenvalue weighted by Crippen LogP contribution is -2.31. The molecular weight excluding hydrogens is 224 g/mol. The molecule has 0 N–H and O–H groups in total. The number of rotatable bonds is 4. The van der Waals surface area contributed by atoms with Gasteiger partial charge in [0.05, 0.1) is 0 Å². The van der Waals surface area contributed by atoms with Crippen LogP contribution >= 0.6 is 11.8 Å². The van der Waals surface area contributed by atoms with Crippen LogP contribution in [0.25, 0.3) is 5.65 Å². The van der Waals surface area contributed by atoms with Crippen molar-refractivity contribution in [1.82, 2.24) is 25.3 Å². The topological polar surface area (TPSA) is 59.2 Å². The summed E-state index contributed by atoms with van der Waals surface area (Å²) in [5, 5.41) is 15.5. The first kappa shape index (κ1) is 11.1. The molecule has 0 bridgehead atoms. The Bertz CT molecular complexity index is 470. The summed E-state index contributed by atoms with van der Waals surface area (Å²) < 4.78 is 1.44. The van der Waals surface area contributed by atoms with Crippen LogP contribution in [0.1, 0.15) is 6.92 Å². The molecule has 2 rings (SSSR count). The zero-order valence-electron chi connectivity index (χ0n) is 9.53. The number of aromatic nitrogens is 5. The summed E-state index contributed by atoms with van der Waals surface area (Å²) in [6.45, 7) is 2.17. The van der Waals surface area contributed by atoms with Gasteiger partial charge in [0.15, 0.2) is 11.5 Å². The lowest BCUT2D eigenvalue weighted by molar-refractivity contribution is 0.695. The Labute approximate surface area is 98.0 Å². The van der Waals surface area contributed by atoms with Crippen molar-refractivity contribution in [2.24, 2.45) is 0 Å². The Hall–Kier alpha value is -1.37. The van der Waals surface area contributed by atoms with E-state index < -0.39 is 0 Å². The van der Waals surface area contributed by atoms with Gasteiger partial charge in [-0.15, -0.1) is 14.8 Å². The van der Waals surface area contributed by atoms with Crippen molar-refractivity contribution in [2.45, 2.75) is 13.0 Å². The Morgan fingerprint density at radius 1 is 1.50 bits per heavy atom. The van der Waals surface area contributed by atoms with Gasteiger partial charge in [0.1, 0.15) is 0 Å². The maximum Gasteiger partial charge on any atom is 0.200 e. The fourth-order valence-electron chi connectivity index (χ4n) is 1.41. The first-order valence-corrected chi connectivity index (χ1v) is 6.39. The van der Waals surface area contributed by atoms with Crippen LogP contribution in [0.15, 0.2) is 12.1 Å². The molecule has 2 aromatic heterocycles. The molecule has 0 aromatic carbocycles. The van der Waals surface area contributed by atoms with E-state index in [1.54, 1.807) is 0 Å². The van der Waals surface area contributed by atoms with Crippen molar-refractivity contribution >= 4 is 23.2 Å². The largest absolute Gasteiger partial charge is 0.355 e. The third-order valence-electron chi connectivity index (χ3n) is 2.49. The van der Waals surface area contributed by atoms with Crippen LogP contribution in [0.5, 0.6) is 0 Å². The fourth-order valence-corrected chi connectivity index (χ4v) is 2.11. The van der Waals surface area contributed by atoms with Crippen molar-refractivity contribution in [3.8, 4) is 0 Å². The summed E-state index contributed by atoms with van der Waals surface area (Å²) in [6, 6.07) is 4.23. The molecule has 6 nitrogen and oxygen atoms in total. The molecule has 0 aliphatic heterocycles. The van der Waals surface area contributed by atoms with Crippen LogP contribution < -0.4 is 4.90 Å². The smallest absolute Gasteiger partial charge is 0.200 e. The van der Waals surface area contributed by atoms with Crippen LogP contribution in [-0.4, -0.2) is 50.4 Å². The molecule has 1 unspecified atom stereocenters. The highest BCUT2D eigenvalue weighted by Crippen LogP contribution is 2.13. The number of hydrogen-bond acceptors (Lipinski definition) is 6. The monoisotopic (exact) mass is 238 g/mol. The molecule has 0 aliphatic rings. The zero-order chi connectivity index (χ0) is 11.5. The summed E-state index contributed by atoms with van der Waals surface area (Å²) in [5.74, 6) is 1.94. The number of fused-ring (bicyclic) bond motifs is 1. The van der Waals surface area contributed by atoms with Crippen molar-refractivity contribution in [3.05, 3.63) is 12.1 Å². The summed E-state index contributed by atoms with van der Waals surface area (Å²) in [7, 11) is 2.03. The summed E-state index contributed by atoms with van der Waals surface area (Å²) in [6.07, 6.45) is 2.10. The number of tetrazole rings is 1. The fraction of sp³-hybridized carbons (Fsp3) is 0.556. The average molecular weight is 238 g/mol. The van der Waals surface area contributed by atoms with Gasteiger partial charge in [0, 0.05) is 18.8 Å². The van der Waals surface area contributed by atoms with Crippen molar-refractivity contribution < 1.29 is 0 Å². The van der Waals surface area contributed by atoms with E-state index >= 15 is 0 Å². The molecule has 86 valence electrons. The minimum atomic E-state index is 0.427. The number of thioether (sulfide) groups is 1. The van der Waals surface area contributed by atoms with E-state index in [0.29, 0.717) is 11.7 Å². The van der Waals surface area contributed by atoms with Gasteiger partial charge in [-0.1, -0.05) is 0 Å². The van der Waals surface area contributed by atoms with Crippen LogP contribution in [0, 0.1) is 0 Å². The van der Waals surface area contributed by atoms with Gasteiger partial charge < -0.3 is 4.90 Å². The molecule has 0 amide bonds. The summed E-state index contributed by atoms with van der Waals surface area (Å²) in [5.41, 5.74) is 0.662. The van der Waals surface area contributed by atoms with Crippen molar-refractivity contribution in [2.75, 3.05) is 24.0 Å². The van der Waals surface area contributed by atoms with Gasteiger partial charge >= 0.3 is 0 Å². The summed E-state index contributed by atoms with van der Waals surface area (Å²) >= 11 is 1.82. The van der Waals surface area contributed by atoms with E-state index in [1.165, 1.54) is 4.63 Å². The number of anilines is 1. The summed E-state index contributed by atoms with van der Waals surface area (Å²) in [4.78, 5) is 2.12. The van der Waals surface area contributed by atoms with E-state index in [-0.39, 0.29) is 0 Å². The molecule has 1 atom stereocenters. The molecule has 0 saturated heterocycles. The van der Waals surface area contributed by atoms with Gasteiger partial charge in [0.25, 0.3) is 0 Å². The first-order valence-electron chi connectivity index (χ1n) is 4.99. The molecule has 2 heterocycles. The molecule has 0 fully saturated rings. The van der Waals surface area contributed by atoms with Gasteiger partial charge in [-0.05, 0) is 35.7 Å². The van der Waals surface area contributed by atoms with Crippen molar-refractivity contribution in [1.29, 1.82) is 0 Å². The Balaban J connectivity index is 2.24. The van der Waals surface area contributed by atoms with Crippen LogP contribution in [0.4, 0.5) is 5.82 Å². The van der Waals surface area contributed by atoms with Gasteiger partial charge in [-0.25, -0.2) is 0 Å². The maximum absolute atomic E-state index is 4.34. The highest BCUT2D eigenvalue weighted by atomic mass is 32.2. The third kappa shape index (κ3) is 2.08. The molecule has 0 radical (unpaired) electrons. The Kier molecular flexibility index (Phi) is 3.23. The van der Waals surface area contributed by atoms with E-state index in [4.69, 9.17) is 0 Å². The molecule has 7 heteroatoms. The van der Waals surface area contributed by atoms with Gasteiger partial charge in [0.2, 0.25) is 0 Å². The molecule has 2 aromatic rings. The van der Waals surface area contributed by atoms with Crippen LogP contribution in [0.2, 0.25) is 0 Å². The van der Waals surface area contributed by atoms with Crippen LogP contribution in [0.3, 0.4) is 0 Å². The minimum Gasteiger partial charge on any atom is -0.355 e. The molecule has 0 aliphatic carbocycles. The van der Waals surface area contributed by atoms with Gasteiger partial charge in [-0.3, -0.25) is 0 Å². The number of hydrogen-bond donors (Lipinski definition) is 0. The minimum absolute atomic E-state index is 0.427. The maximum atomic E-state index is 4.34. The Morgan fingerprint density at radius 2 is 2.31 bits per heavy atom. The normalized spacial score (nSPS) is 12.9. The van der Waals surface area contributed by atoms with E-state index in [0.717, 1.165) is 11.6 Å². The van der Waals surface area contributed by atoms with E-state index in [2.05, 4.69) is 38.7 Å². The second-order valence-corrected chi connectivity index (χ2v) is 4.54.